The number of nitrogens with zero attached hydrogens (tertiary/aromatic N) is 5. The monoisotopic (exact) mass is 435 g/mol. The summed E-state index contributed by atoms with van der Waals surface area (Å²) in [6.07, 6.45) is 0.973. The number of aromatic nitrogens is 4. The van der Waals surface area contributed by atoms with Crippen molar-refractivity contribution in [3.63, 3.8) is 0 Å². The molecule has 3 rings (SSSR count). The molecule has 1 fully saturated rings. The predicted octanol–water partition coefficient (Wildman–Crippen LogP) is 1.14. The smallest absolute Gasteiger partial charge is 0.332 e. The van der Waals surface area contributed by atoms with Gasteiger partial charge in [-0.3, -0.25) is 18.8 Å². The molecule has 174 valence electrons. The van der Waals surface area contributed by atoms with Gasteiger partial charge in [-0.1, -0.05) is 27.7 Å². The fraction of sp³-hybridized carbons (Fsp3) is 0.773. The molecule has 1 saturated heterocycles. The lowest BCUT2D eigenvalue weighted by Gasteiger charge is -2.36. The first-order valence-electron chi connectivity index (χ1n) is 11.3. The van der Waals surface area contributed by atoms with Gasteiger partial charge >= 0.3 is 5.69 Å². The lowest BCUT2D eigenvalue weighted by atomic mass is 10.2. The number of imidazole rings is 1. The maximum absolute atomic E-state index is 13.3. The van der Waals surface area contributed by atoms with Crippen LogP contribution in [-0.4, -0.2) is 66.6 Å². The van der Waals surface area contributed by atoms with Crippen LogP contribution in [0.4, 0.5) is 0 Å². The van der Waals surface area contributed by atoms with E-state index in [2.05, 4.69) is 23.7 Å². The quantitative estimate of drug-likeness (QED) is 0.668. The Morgan fingerprint density at radius 2 is 1.61 bits per heavy atom. The summed E-state index contributed by atoms with van der Waals surface area (Å²) < 4.78 is 10.3. The van der Waals surface area contributed by atoms with Gasteiger partial charge in [-0.05, 0) is 25.7 Å². The number of β-amino-alcohol motifs (C(OH)–C–C–N with tert-alkyl or cyclic N) is 1. The van der Waals surface area contributed by atoms with Crippen molar-refractivity contribution in [2.45, 2.75) is 79.5 Å². The van der Waals surface area contributed by atoms with Gasteiger partial charge in [-0.2, -0.15) is 0 Å². The first-order valence-corrected chi connectivity index (χ1v) is 11.3. The number of fused-ring (bicyclic) bond motifs is 1. The second-order valence-electron chi connectivity index (χ2n) is 9.80. The zero-order valence-corrected chi connectivity index (χ0v) is 19.6. The molecule has 3 heterocycles. The van der Waals surface area contributed by atoms with Crippen molar-refractivity contribution in [1.82, 2.24) is 23.6 Å². The summed E-state index contributed by atoms with van der Waals surface area (Å²) in [7, 11) is 0. The Balaban J connectivity index is 1.96. The van der Waals surface area contributed by atoms with Gasteiger partial charge in [0.1, 0.15) is 0 Å². The second kappa shape index (κ2) is 9.67. The predicted molar refractivity (Wildman–Crippen MR) is 120 cm³/mol. The number of aliphatic hydroxyl groups is 1. The maximum Gasteiger partial charge on any atom is 0.332 e. The first-order chi connectivity index (χ1) is 14.6. The van der Waals surface area contributed by atoms with E-state index in [-0.39, 0.29) is 30.2 Å². The lowest BCUT2D eigenvalue weighted by Crippen LogP contribution is -2.50. The van der Waals surface area contributed by atoms with Crippen LogP contribution in [0.5, 0.6) is 0 Å². The molecule has 0 aromatic carbocycles. The summed E-state index contributed by atoms with van der Waals surface area (Å²) in [6, 6.07) is 0. The number of morpholine rings is 1. The topological polar surface area (TPSA) is 94.5 Å². The van der Waals surface area contributed by atoms with Crippen LogP contribution < -0.4 is 11.2 Å². The highest BCUT2D eigenvalue weighted by Gasteiger charge is 2.25. The van der Waals surface area contributed by atoms with E-state index in [9.17, 15) is 14.7 Å². The van der Waals surface area contributed by atoms with Gasteiger partial charge in [0.25, 0.3) is 5.56 Å². The van der Waals surface area contributed by atoms with E-state index < -0.39 is 11.8 Å². The van der Waals surface area contributed by atoms with Crippen molar-refractivity contribution in [1.29, 1.82) is 0 Å². The molecule has 1 N–H and O–H groups in total. The maximum atomic E-state index is 13.3. The Morgan fingerprint density at radius 3 is 2.19 bits per heavy atom. The Bertz CT molecular complexity index is 996. The van der Waals surface area contributed by atoms with Crippen LogP contribution in [0.25, 0.3) is 11.2 Å². The number of aliphatic hydroxyl groups excluding tert-OH is 1. The van der Waals surface area contributed by atoms with E-state index >= 15 is 0 Å². The van der Waals surface area contributed by atoms with Crippen molar-refractivity contribution >= 4 is 11.2 Å². The van der Waals surface area contributed by atoms with Crippen molar-refractivity contribution < 1.29 is 9.84 Å². The van der Waals surface area contributed by atoms with Crippen LogP contribution in [-0.2, 0) is 24.4 Å². The fourth-order valence-electron chi connectivity index (χ4n) is 4.46. The zero-order valence-electron chi connectivity index (χ0n) is 19.6. The number of rotatable bonds is 8. The molecule has 0 saturated carbocycles. The van der Waals surface area contributed by atoms with Gasteiger partial charge in [0.15, 0.2) is 11.2 Å². The van der Waals surface area contributed by atoms with Gasteiger partial charge < -0.3 is 14.4 Å². The van der Waals surface area contributed by atoms with E-state index in [1.54, 1.807) is 10.9 Å². The highest BCUT2D eigenvalue weighted by atomic mass is 16.5. The summed E-state index contributed by atoms with van der Waals surface area (Å²) in [5, 5.41) is 10.8. The SMILES string of the molecule is CC(C)Cn1cnc2c1c(=O)n(CC(O)CN1CC(C)OC(C)C1)c(=O)n2CC(C)C. The third-order valence-electron chi connectivity index (χ3n) is 5.45. The van der Waals surface area contributed by atoms with Gasteiger partial charge in [0, 0.05) is 32.7 Å². The summed E-state index contributed by atoms with van der Waals surface area (Å²) in [4.78, 5) is 33.1. The molecular weight excluding hydrogens is 398 g/mol. The van der Waals surface area contributed by atoms with Crippen molar-refractivity contribution in [3.05, 3.63) is 27.2 Å². The van der Waals surface area contributed by atoms with Crippen LogP contribution in [0.3, 0.4) is 0 Å². The van der Waals surface area contributed by atoms with E-state index in [1.807, 2.05) is 32.3 Å². The number of hydrogen-bond donors (Lipinski definition) is 1. The molecule has 1 aliphatic heterocycles. The molecule has 1 aliphatic rings. The largest absolute Gasteiger partial charge is 0.390 e. The van der Waals surface area contributed by atoms with Crippen LogP contribution in [0, 0.1) is 11.8 Å². The molecule has 2 aromatic rings. The molecule has 3 unspecified atom stereocenters. The normalized spacial score (nSPS) is 21.5. The van der Waals surface area contributed by atoms with E-state index in [0.717, 1.165) is 0 Å². The van der Waals surface area contributed by atoms with Gasteiger partial charge in [0.2, 0.25) is 0 Å². The highest BCUT2D eigenvalue weighted by Crippen LogP contribution is 2.13. The van der Waals surface area contributed by atoms with Crippen LogP contribution >= 0.6 is 0 Å². The van der Waals surface area contributed by atoms with E-state index in [0.29, 0.717) is 49.8 Å². The first kappa shape index (κ1) is 23.7. The summed E-state index contributed by atoms with van der Waals surface area (Å²) >= 11 is 0. The molecule has 0 spiro atoms. The van der Waals surface area contributed by atoms with Crippen molar-refractivity contribution in [2.75, 3.05) is 19.6 Å². The molecule has 0 amide bonds. The van der Waals surface area contributed by atoms with Crippen LogP contribution in [0.1, 0.15) is 41.5 Å². The Morgan fingerprint density at radius 1 is 1.00 bits per heavy atom. The lowest BCUT2D eigenvalue weighted by molar-refractivity contribution is -0.0773. The summed E-state index contributed by atoms with van der Waals surface area (Å²) in [6.45, 7) is 15.1. The minimum Gasteiger partial charge on any atom is -0.390 e. The molecule has 2 aromatic heterocycles. The molecule has 0 radical (unpaired) electrons. The molecule has 31 heavy (non-hydrogen) atoms. The second-order valence-corrected chi connectivity index (χ2v) is 9.80. The average molecular weight is 436 g/mol. The van der Waals surface area contributed by atoms with Crippen molar-refractivity contribution in [2.24, 2.45) is 11.8 Å². The minimum atomic E-state index is -0.839. The average Bonchev–Trinajstić information content (AvgIpc) is 3.04. The van der Waals surface area contributed by atoms with Gasteiger partial charge in [0.05, 0.1) is 31.2 Å². The summed E-state index contributed by atoms with van der Waals surface area (Å²) in [5.41, 5.74) is 0.0466. The molecule has 3 atom stereocenters. The molecule has 0 aliphatic carbocycles. The van der Waals surface area contributed by atoms with Gasteiger partial charge in [-0.15, -0.1) is 0 Å². The van der Waals surface area contributed by atoms with Gasteiger partial charge in [-0.25, -0.2) is 9.78 Å². The zero-order chi connectivity index (χ0) is 22.9. The van der Waals surface area contributed by atoms with Crippen LogP contribution in [0.15, 0.2) is 15.9 Å². The Kier molecular flexibility index (Phi) is 7.39. The van der Waals surface area contributed by atoms with E-state index in [4.69, 9.17) is 4.74 Å². The molecular formula is C22H37N5O4. The van der Waals surface area contributed by atoms with Crippen LogP contribution in [0.2, 0.25) is 0 Å². The Hall–Kier alpha value is -1.97. The molecule has 9 nitrogen and oxygen atoms in total. The Labute approximate surface area is 183 Å². The number of hydrogen-bond acceptors (Lipinski definition) is 6. The summed E-state index contributed by atoms with van der Waals surface area (Å²) in [5.74, 6) is 0.537. The molecule has 9 heteroatoms. The highest BCUT2D eigenvalue weighted by molar-refractivity contribution is 5.70. The third-order valence-corrected chi connectivity index (χ3v) is 5.45. The standard InChI is InChI=1S/C22H37N5O4/c1-14(2)7-25-13-23-20-19(25)21(29)27(22(30)26(20)8-15(3)4)12-18(28)11-24-9-16(5)31-17(6)10-24/h13-18,28H,7-12H2,1-6H3. The van der Waals surface area contributed by atoms with E-state index in [1.165, 1.54) is 4.57 Å². The number of ether oxygens (including phenoxy) is 1. The van der Waals surface area contributed by atoms with Crippen molar-refractivity contribution in [3.8, 4) is 0 Å². The minimum absolute atomic E-state index is 0.0430. The third kappa shape index (κ3) is 5.45. The molecule has 0 bridgehead atoms. The fourth-order valence-corrected chi connectivity index (χ4v) is 4.46.